The van der Waals surface area contributed by atoms with Crippen LogP contribution in [-0.2, 0) is 0 Å². The van der Waals surface area contributed by atoms with E-state index in [9.17, 15) is 0 Å². The average molecular weight is 790 g/mol. The van der Waals surface area contributed by atoms with Gasteiger partial charge in [0.15, 0.2) is 0 Å². The average Bonchev–Trinajstić information content (AvgIpc) is 3.73. The second-order valence-electron chi connectivity index (χ2n) is 16.1. The van der Waals surface area contributed by atoms with Crippen molar-refractivity contribution in [3.8, 4) is 44.5 Å². The van der Waals surface area contributed by atoms with E-state index in [1.165, 1.54) is 60.1 Å². The first-order valence-corrected chi connectivity index (χ1v) is 21.2. The highest BCUT2D eigenvalue weighted by atomic mass is 16.3. The van der Waals surface area contributed by atoms with Gasteiger partial charge >= 0.3 is 0 Å². The molecule has 0 fully saturated rings. The predicted octanol–water partition coefficient (Wildman–Crippen LogP) is 17.2. The Labute approximate surface area is 360 Å². The summed E-state index contributed by atoms with van der Waals surface area (Å²) in [5, 5.41) is 9.83. The first kappa shape index (κ1) is 35.7. The number of furan rings is 1. The summed E-state index contributed by atoms with van der Waals surface area (Å²) in [7, 11) is 0. The summed E-state index contributed by atoms with van der Waals surface area (Å²) < 4.78 is 6.32. The lowest BCUT2D eigenvalue weighted by molar-refractivity contribution is 0.669. The van der Waals surface area contributed by atoms with Gasteiger partial charge in [-0.15, -0.1) is 0 Å². The molecule has 0 radical (unpaired) electrons. The van der Waals surface area contributed by atoms with Crippen LogP contribution in [0.3, 0.4) is 0 Å². The summed E-state index contributed by atoms with van der Waals surface area (Å²) >= 11 is 0. The maximum Gasteiger partial charge on any atom is 0.136 e. The van der Waals surface area contributed by atoms with Crippen LogP contribution in [-0.4, -0.2) is 0 Å². The topological polar surface area (TPSA) is 16.4 Å². The molecule has 2 heteroatoms. The third-order valence-electron chi connectivity index (χ3n) is 12.4. The molecule has 0 N–H and O–H groups in total. The molecule has 62 heavy (non-hydrogen) atoms. The molecule has 12 rings (SSSR count). The van der Waals surface area contributed by atoms with E-state index < -0.39 is 0 Å². The van der Waals surface area contributed by atoms with Crippen molar-refractivity contribution in [2.24, 2.45) is 0 Å². The highest BCUT2D eigenvalue weighted by Crippen LogP contribution is 2.42. The Morgan fingerprint density at radius 2 is 0.774 bits per heavy atom. The van der Waals surface area contributed by atoms with E-state index in [2.05, 4.69) is 229 Å². The Morgan fingerprint density at radius 1 is 0.258 bits per heavy atom. The summed E-state index contributed by atoms with van der Waals surface area (Å²) in [6.07, 6.45) is 0. The fourth-order valence-electron chi connectivity index (χ4n) is 9.41. The minimum atomic E-state index is 0.891. The van der Waals surface area contributed by atoms with Crippen LogP contribution in [0.1, 0.15) is 0 Å². The molecule has 0 amide bonds. The smallest absolute Gasteiger partial charge is 0.136 e. The van der Waals surface area contributed by atoms with E-state index in [1.807, 2.05) is 12.1 Å². The third-order valence-corrected chi connectivity index (χ3v) is 12.4. The van der Waals surface area contributed by atoms with Crippen molar-refractivity contribution in [1.29, 1.82) is 0 Å². The van der Waals surface area contributed by atoms with Crippen LogP contribution in [0.2, 0.25) is 0 Å². The number of fused-ring (bicyclic) bond motifs is 7. The standard InChI is InChI=1S/C60H39NO/c1-3-18-52-42(11-1)13-9-21-54(52)44-27-25-40(26-28-44)45-14-7-16-50(38-45)61(51-17-8-15-47(39-51)56-22-10-24-59-60(56)57-20-5-6-23-58(57)62-59)49-34-31-41(32-35-49)46-33-36-55-48(37-46)30-29-43-12-2-4-19-53(43)55/h1-39H. The number of anilines is 3. The van der Waals surface area contributed by atoms with Gasteiger partial charge in [-0.2, -0.15) is 0 Å². The number of benzene rings is 11. The molecule has 0 atom stereocenters. The van der Waals surface area contributed by atoms with Gasteiger partial charge < -0.3 is 9.32 Å². The van der Waals surface area contributed by atoms with Crippen molar-refractivity contribution in [1.82, 2.24) is 0 Å². The molecular formula is C60H39NO. The number of rotatable bonds is 7. The summed E-state index contributed by atoms with van der Waals surface area (Å²) in [4.78, 5) is 2.38. The van der Waals surface area contributed by atoms with Crippen molar-refractivity contribution in [3.05, 3.63) is 237 Å². The van der Waals surface area contributed by atoms with Crippen molar-refractivity contribution in [3.63, 3.8) is 0 Å². The summed E-state index contributed by atoms with van der Waals surface area (Å²) in [5.74, 6) is 0. The molecular weight excluding hydrogens is 751 g/mol. The lowest BCUT2D eigenvalue weighted by Crippen LogP contribution is -2.10. The SMILES string of the molecule is c1cc(-c2ccc(-c3cccc4ccccc34)cc2)cc(N(c2ccc(-c3ccc4c(ccc5ccccc54)c3)cc2)c2cccc(-c3cccc4oc5ccccc5c34)c2)c1. The van der Waals surface area contributed by atoms with Crippen LogP contribution in [0.25, 0.3) is 98.8 Å². The van der Waals surface area contributed by atoms with Crippen LogP contribution in [0.15, 0.2) is 241 Å². The minimum absolute atomic E-state index is 0.891. The first-order valence-electron chi connectivity index (χ1n) is 21.2. The third kappa shape index (κ3) is 6.20. The molecule has 0 unspecified atom stereocenters. The Bertz CT molecular complexity index is 3630. The van der Waals surface area contributed by atoms with E-state index >= 15 is 0 Å². The molecule has 0 saturated carbocycles. The molecule has 0 aliphatic heterocycles. The van der Waals surface area contributed by atoms with Crippen molar-refractivity contribution in [2.45, 2.75) is 0 Å². The molecule has 0 aliphatic rings. The second kappa shape index (κ2) is 14.8. The molecule has 0 spiro atoms. The zero-order chi connectivity index (χ0) is 41.0. The number of nitrogens with zero attached hydrogens (tertiary/aromatic N) is 1. The Hall–Kier alpha value is -8.20. The van der Waals surface area contributed by atoms with Crippen LogP contribution < -0.4 is 4.90 Å². The quantitative estimate of drug-likeness (QED) is 0.150. The van der Waals surface area contributed by atoms with E-state index in [4.69, 9.17) is 4.42 Å². The van der Waals surface area contributed by atoms with Gasteiger partial charge in [0.05, 0.1) is 0 Å². The summed E-state index contributed by atoms with van der Waals surface area (Å²) in [6, 6.07) is 85.5. The lowest BCUT2D eigenvalue weighted by Gasteiger charge is -2.27. The zero-order valence-corrected chi connectivity index (χ0v) is 33.9. The molecule has 11 aromatic carbocycles. The maximum atomic E-state index is 6.32. The Kier molecular flexibility index (Phi) is 8.53. The van der Waals surface area contributed by atoms with Crippen LogP contribution in [0.4, 0.5) is 17.1 Å². The molecule has 2 nitrogen and oxygen atoms in total. The van der Waals surface area contributed by atoms with Crippen molar-refractivity contribution >= 4 is 71.3 Å². The normalized spacial score (nSPS) is 11.5. The van der Waals surface area contributed by atoms with Gasteiger partial charge in [-0.05, 0) is 131 Å². The van der Waals surface area contributed by atoms with Gasteiger partial charge in [-0.1, -0.05) is 182 Å². The minimum Gasteiger partial charge on any atom is -0.456 e. The van der Waals surface area contributed by atoms with Crippen LogP contribution in [0.5, 0.6) is 0 Å². The zero-order valence-electron chi connectivity index (χ0n) is 33.9. The number of hydrogen-bond acceptors (Lipinski definition) is 2. The largest absolute Gasteiger partial charge is 0.456 e. The molecule has 1 heterocycles. The molecule has 1 aromatic heterocycles. The van der Waals surface area contributed by atoms with Crippen LogP contribution >= 0.6 is 0 Å². The van der Waals surface area contributed by atoms with Gasteiger partial charge in [0.1, 0.15) is 11.2 Å². The fraction of sp³-hybridized carbons (Fsp3) is 0. The fourth-order valence-corrected chi connectivity index (χ4v) is 9.41. The van der Waals surface area contributed by atoms with Crippen molar-refractivity contribution in [2.75, 3.05) is 4.90 Å². The van der Waals surface area contributed by atoms with E-state index in [1.54, 1.807) is 0 Å². The first-order chi connectivity index (χ1) is 30.7. The molecule has 0 bridgehead atoms. The lowest BCUT2D eigenvalue weighted by atomic mass is 9.96. The van der Waals surface area contributed by atoms with Crippen molar-refractivity contribution < 1.29 is 4.42 Å². The van der Waals surface area contributed by atoms with Gasteiger partial charge in [0.25, 0.3) is 0 Å². The van der Waals surface area contributed by atoms with Gasteiger partial charge in [0.2, 0.25) is 0 Å². The predicted molar refractivity (Wildman–Crippen MR) is 263 cm³/mol. The molecule has 0 saturated heterocycles. The number of para-hydroxylation sites is 1. The molecule has 0 aliphatic carbocycles. The Morgan fingerprint density at radius 3 is 1.58 bits per heavy atom. The highest BCUT2D eigenvalue weighted by Gasteiger charge is 2.18. The summed E-state index contributed by atoms with van der Waals surface area (Å²) in [5.41, 5.74) is 14.4. The van der Waals surface area contributed by atoms with Gasteiger partial charge in [-0.25, -0.2) is 0 Å². The monoisotopic (exact) mass is 789 g/mol. The summed E-state index contributed by atoms with van der Waals surface area (Å²) in [6.45, 7) is 0. The van der Waals surface area contributed by atoms with E-state index in [-0.39, 0.29) is 0 Å². The van der Waals surface area contributed by atoms with E-state index in [0.29, 0.717) is 0 Å². The van der Waals surface area contributed by atoms with E-state index in [0.717, 1.165) is 55.7 Å². The number of hydrogen-bond donors (Lipinski definition) is 0. The molecule has 12 aromatic rings. The van der Waals surface area contributed by atoms with Gasteiger partial charge in [0, 0.05) is 27.8 Å². The van der Waals surface area contributed by atoms with Gasteiger partial charge in [-0.3, -0.25) is 0 Å². The second-order valence-corrected chi connectivity index (χ2v) is 16.1. The highest BCUT2D eigenvalue weighted by molar-refractivity contribution is 6.13. The molecule has 290 valence electrons. The maximum absolute atomic E-state index is 6.32. The Balaban J connectivity index is 0.955. The van der Waals surface area contributed by atoms with Crippen LogP contribution in [0, 0.1) is 0 Å².